The molecule has 2 aromatic carbocycles. The van der Waals surface area contributed by atoms with E-state index in [-0.39, 0.29) is 5.12 Å². The molecule has 0 heterocycles. The van der Waals surface area contributed by atoms with Gasteiger partial charge in [0, 0.05) is 10.5 Å². The van der Waals surface area contributed by atoms with Crippen molar-refractivity contribution in [1.29, 1.82) is 0 Å². The highest BCUT2D eigenvalue weighted by Gasteiger charge is 2.06. The third kappa shape index (κ3) is 3.15. The lowest BCUT2D eigenvalue weighted by molar-refractivity contribution is 0.109. The molecule has 0 atom stereocenters. The van der Waals surface area contributed by atoms with Crippen LogP contribution in [-0.2, 0) is 0 Å². The molecule has 0 fully saturated rings. The van der Waals surface area contributed by atoms with E-state index in [1.54, 1.807) is 0 Å². The van der Waals surface area contributed by atoms with Gasteiger partial charge in [0.15, 0.2) is 0 Å². The fraction of sp³-hybridized carbons (Fsp3) is 0. The van der Waals surface area contributed by atoms with Gasteiger partial charge in [-0.1, -0.05) is 48.5 Å². The SMILES string of the molecule is O=C(SSc1ccccc1)c1ccccc1. The molecule has 0 aliphatic carbocycles. The van der Waals surface area contributed by atoms with Crippen LogP contribution in [0.1, 0.15) is 10.4 Å². The van der Waals surface area contributed by atoms with E-state index in [0.29, 0.717) is 0 Å². The minimum atomic E-state index is 0.0921. The van der Waals surface area contributed by atoms with Gasteiger partial charge in [0.2, 0.25) is 5.12 Å². The predicted octanol–water partition coefficient (Wildman–Crippen LogP) is 4.27. The van der Waals surface area contributed by atoms with Crippen molar-refractivity contribution in [3.63, 3.8) is 0 Å². The van der Waals surface area contributed by atoms with Gasteiger partial charge in [0.1, 0.15) is 0 Å². The summed E-state index contributed by atoms with van der Waals surface area (Å²) in [4.78, 5) is 12.9. The Morgan fingerprint density at radius 2 is 1.38 bits per heavy atom. The van der Waals surface area contributed by atoms with Crippen LogP contribution in [0.3, 0.4) is 0 Å². The van der Waals surface area contributed by atoms with Crippen molar-refractivity contribution < 1.29 is 4.79 Å². The second kappa shape index (κ2) is 5.77. The zero-order valence-electron chi connectivity index (χ0n) is 8.50. The molecule has 16 heavy (non-hydrogen) atoms. The molecule has 0 bridgehead atoms. The Kier molecular flexibility index (Phi) is 4.08. The van der Waals surface area contributed by atoms with Crippen LogP contribution in [0.15, 0.2) is 65.6 Å². The molecule has 0 saturated carbocycles. The van der Waals surface area contributed by atoms with Crippen molar-refractivity contribution in [1.82, 2.24) is 0 Å². The van der Waals surface area contributed by atoms with E-state index in [4.69, 9.17) is 0 Å². The molecule has 0 amide bonds. The number of hydrogen-bond acceptors (Lipinski definition) is 3. The highest BCUT2D eigenvalue weighted by molar-refractivity contribution is 8.82. The van der Waals surface area contributed by atoms with Crippen LogP contribution in [0, 0.1) is 0 Å². The largest absolute Gasteiger partial charge is 0.281 e. The van der Waals surface area contributed by atoms with E-state index in [1.807, 2.05) is 60.7 Å². The Hall–Kier alpha value is -1.19. The summed E-state index contributed by atoms with van der Waals surface area (Å²) in [6.45, 7) is 0. The van der Waals surface area contributed by atoms with Crippen molar-refractivity contribution in [3.05, 3.63) is 66.2 Å². The fourth-order valence-corrected chi connectivity index (χ4v) is 2.99. The lowest BCUT2D eigenvalue weighted by Gasteiger charge is -1.99. The Balaban J connectivity index is 1.95. The number of hydrogen-bond donors (Lipinski definition) is 0. The van der Waals surface area contributed by atoms with E-state index >= 15 is 0 Å². The predicted molar refractivity (Wildman–Crippen MR) is 70.7 cm³/mol. The second-order valence-corrected chi connectivity index (χ2v) is 5.31. The molecule has 2 aromatic rings. The average molecular weight is 246 g/mol. The first-order valence-electron chi connectivity index (χ1n) is 4.85. The summed E-state index contributed by atoms with van der Waals surface area (Å²) in [5, 5.41) is 0.0921. The number of carbonyl (C=O) groups is 1. The normalized spacial score (nSPS) is 10.0. The minimum Gasteiger partial charge on any atom is -0.281 e. The van der Waals surface area contributed by atoms with Crippen LogP contribution in [0.25, 0.3) is 0 Å². The van der Waals surface area contributed by atoms with Gasteiger partial charge in [-0.05, 0) is 33.7 Å². The van der Waals surface area contributed by atoms with Gasteiger partial charge in [-0.25, -0.2) is 0 Å². The van der Waals surface area contributed by atoms with Gasteiger partial charge in [0.25, 0.3) is 0 Å². The van der Waals surface area contributed by atoms with Crippen LogP contribution < -0.4 is 0 Å². The van der Waals surface area contributed by atoms with Crippen molar-refractivity contribution in [2.75, 3.05) is 0 Å². The van der Waals surface area contributed by atoms with E-state index in [0.717, 1.165) is 10.5 Å². The highest BCUT2D eigenvalue weighted by atomic mass is 33.1. The fourth-order valence-electron chi connectivity index (χ4n) is 1.18. The molecule has 0 radical (unpaired) electrons. The Bertz CT molecular complexity index is 454. The van der Waals surface area contributed by atoms with Crippen molar-refractivity contribution >= 4 is 26.7 Å². The summed E-state index contributed by atoms with van der Waals surface area (Å²) in [5.41, 5.74) is 0.746. The van der Waals surface area contributed by atoms with E-state index in [2.05, 4.69) is 0 Å². The molecular weight excluding hydrogens is 236 g/mol. The monoisotopic (exact) mass is 246 g/mol. The first kappa shape index (κ1) is 11.3. The van der Waals surface area contributed by atoms with Crippen LogP contribution >= 0.6 is 21.6 Å². The van der Waals surface area contributed by atoms with Gasteiger partial charge in [0.05, 0.1) is 0 Å². The number of carbonyl (C=O) groups excluding carboxylic acids is 1. The van der Waals surface area contributed by atoms with Crippen LogP contribution in [-0.4, -0.2) is 5.12 Å². The van der Waals surface area contributed by atoms with E-state index < -0.39 is 0 Å². The lowest BCUT2D eigenvalue weighted by atomic mass is 10.2. The Morgan fingerprint density at radius 1 is 0.812 bits per heavy atom. The van der Waals surface area contributed by atoms with Gasteiger partial charge in [-0.2, -0.15) is 0 Å². The summed E-state index contributed by atoms with van der Waals surface area (Å²) >= 11 is 0. The molecule has 0 aliphatic rings. The zero-order chi connectivity index (χ0) is 11.2. The van der Waals surface area contributed by atoms with Gasteiger partial charge < -0.3 is 0 Å². The van der Waals surface area contributed by atoms with Crippen molar-refractivity contribution in [3.8, 4) is 0 Å². The summed E-state index contributed by atoms with van der Waals surface area (Å²) < 4.78 is 0. The third-order valence-electron chi connectivity index (χ3n) is 1.97. The molecule has 80 valence electrons. The van der Waals surface area contributed by atoms with Crippen LogP contribution in [0.2, 0.25) is 0 Å². The molecule has 3 heteroatoms. The average Bonchev–Trinajstić information content (AvgIpc) is 2.38. The Morgan fingerprint density at radius 3 is 2.00 bits per heavy atom. The quantitative estimate of drug-likeness (QED) is 0.753. The third-order valence-corrected chi connectivity index (χ3v) is 4.18. The smallest absolute Gasteiger partial charge is 0.230 e. The summed E-state index contributed by atoms with van der Waals surface area (Å²) in [7, 11) is 2.75. The molecular formula is C13H10OS2. The van der Waals surface area contributed by atoms with E-state index in [9.17, 15) is 4.79 Å². The Labute approximate surface area is 103 Å². The van der Waals surface area contributed by atoms with Crippen molar-refractivity contribution in [2.24, 2.45) is 0 Å². The zero-order valence-corrected chi connectivity index (χ0v) is 10.1. The van der Waals surface area contributed by atoms with Gasteiger partial charge in [-0.15, -0.1) is 0 Å². The topological polar surface area (TPSA) is 17.1 Å². The summed E-state index contributed by atoms with van der Waals surface area (Å²) in [5.74, 6) is 0. The standard InChI is InChI=1S/C13H10OS2/c14-13(11-7-3-1-4-8-11)16-15-12-9-5-2-6-10-12/h1-10H. The molecule has 2 rings (SSSR count). The maximum atomic E-state index is 11.8. The van der Waals surface area contributed by atoms with Gasteiger partial charge in [-0.3, -0.25) is 4.79 Å². The molecule has 0 unspecified atom stereocenters. The second-order valence-electron chi connectivity index (χ2n) is 3.13. The highest BCUT2D eigenvalue weighted by Crippen LogP contribution is 2.33. The molecule has 0 N–H and O–H groups in total. The molecule has 0 aliphatic heterocycles. The van der Waals surface area contributed by atoms with Gasteiger partial charge >= 0.3 is 0 Å². The maximum absolute atomic E-state index is 11.8. The molecule has 0 aromatic heterocycles. The molecule has 1 nitrogen and oxygen atoms in total. The number of rotatable bonds is 3. The van der Waals surface area contributed by atoms with Crippen molar-refractivity contribution in [2.45, 2.75) is 4.90 Å². The first-order valence-corrected chi connectivity index (χ1v) is 7.00. The minimum absolute atomic E-state index is 0.0921. The number of benzene rings is 2. The molecule has 0 saturated heterocycles. The summed E-state index contributed by atoms with van der Waals surface area (Å²) in [6.07, 6.45) is 0. The van der Waals surface area contributed by atoms with Crippen LogP contribution in [0.4, 0.5) is 0 Å². The maximum Gasteiger partial charge on any atom is 0.230 e. The first-order chi connectivity index (χ1) is 7.86. The lowest BCUT2D eigenvalue weighted by Crippen LogP contribution is -1.89. The van der Waals surface area contributed by atoms with E-state index in [1.165, 1.54) is 21.6 Å². The van der Waals surface area contributed by atoms with Crippen LogP contribution in [0.5, 0.6) is 0 Å². The molecule has 0 spiro atoms. The summed E-state index contributed by atoms with van der Waals surface area (Å²) in [6, 6.07) is 19.2.